The number of carbonyl (C=O) groups excluding carboxylic acids is 4. The molecular weight excluding hydrogens is 531 g/mol. The fraction of sp³-hybridized carbons (Fsp3) is 0.409. The third kappa shape index (κ3) is 5.35. The lowest BCUT2D eigenvalue weighted by Gasteiger charge is -2.40. The molecule has 4 heterocycles. The van der Waals surface area contributed by atoms with Crippen molar-refractivity contribution >= 4 is 47.1 Å². The number of rotatable bonds is 8. The molecule has 0 aliphatic carbocycles. The molecule has 2 atom stereocenters. The lowest BCUT2D eigenvalue weighted by atomic mass is 10.1. The minimum Gasteiger partial charge on any atom is -0.377 e. The summed E-state index contributed by atoms with van der Waals surface area (Å²) >= 11 is 1.02. The zero-order valence-corrected chi connectivity index (χ0v) is 21.2. The molecule has 2 aromatic heterocycles. The molecule has 16 heteroatoms. The Morgan fingerprint density at radius 2 is 1.97 bits per heavy atom. The number of imide groups is 1. The number of Topliss-reactive ketones (excluding diaryl/α,β-unsaturated/α-hetero) is 1. The van der Waals surface area contributed by atoms with Crippen LogP contribution >= 0.6 is 11.3 Å². The largest absolute Gasteiger partial charge is 0.418 e. The number of pyridine rings is 1. The first-order valence-corrected chi connectivity index (χ1v) is 12.0. The minimum absolute atomic E-state index is 0.103. The van der Waals surface area contributed by atoms with E-state index >= 15 is 0 Å². The fourth-order valence-corrected chi connectivity index (χ4v) is 4.77. The Bertz CT molecular complexity index is 1310. The quantitative estimate of drug-likeness (QED) is 0.521. The van der Waals surface area contributed by atoms with Crippen molar-refractivity contribution in [2.75, 3.05) is 39.2 Å². The first-order valence-electron chi connectivity index (χ1n) is 11.1. The molecule has 38 heavy (non-hydrogen) atoms. The Morgan fingerprint density at radius 3 is 2.66 bits per heavy atom. The number of nitrogens with one attached hydrogen (secondary N) is 1. The number of hydrogen-bond donors (Lipinski definition) is 1. The van der Waals surface area contributed by atoms with Gasteiger partial charge in [-0.1, -0.05) is 0 Å². The summed E-state index contributed by atoms with van der Waals surface area (Å²) in [5.41, 5.74) is -0.896. The topological polar surface area (TPSA) is 137 Å². The van der Waals surface area contributed by atoms with Gasteiger partial charge in [0.15, 0.2) is 18.0 Å². The number of ketones is 1. The second-order valence-electron chi connectivity index (χ2n) is 8.53. The number of methoxy groups -OCH3 is 1. The zero-order chi connectivity index (χ0) is 27.8. The average Bonchev–Trinajstić information content (AvgIpc) is 3.47. The van der Waals surface area contributed by atoms with Crippen LogP contribution in [0.3, 0.4) is 0 Å². The number of halogens is 3. The highest BCUT2D eigenvalue weighted by molar-refractivity contribution is 7.13. The van der Waals surface area contributed by atoms with Crippen LogP contribution in [0.2, 0.25) is 0 Å². The predicted molar refractivity (Wildman–Crippen MR) is 128 cm³/mol. The molecular formula is C22H22F3N7O5S. The maximum absolute atomic E-state index is 13.2. The van der Waals surface area contributed by atoms with Crippen molar-refractivity contribution in [2.45, 2.75) is 25.3 Å². The number of anilines is 1. The minimum atomic E-state index is -4.57. The number of carbonyl (C=O) groups is 4. The van der Waals surface area contributed by atoms with E-state index in [2.05, 4.69) is 20.3 Å². The number of likely N-dealkylation sites (N-methyl/N-ethyl adjacent to an activating group) is 1. The normalized spacial score (nSPS) is 19.3. The molecule has 12 nitrogen and oxygen atoms in total. The second-order valence-corrected chi connectivity index (χ2v) is 9.38. The first kappa shape index (κ1) is 27.1. The zero-order valence-electron chi connectivity index (χ0n) is 20.4. The number of thiazole rings is 1. The van der Waals surface area contributed by atoms with E-state index in [1.54, 1.807) is 0 Å². The third-order valence-electron chi connectivity index (χ3n) is 5.83. The number of fused-ring (bicyclic) bond motifs is 1. The van der Waals surface area contributed by atoms with Crippen molar-refractivity contribution in [3.8, 4) is 10.6 Å². The van der Waals surface area contributed by atoms with Crippen LogP contribution in [0.1, 0.15) is 11.3 Å². The van der Waals surface area contributed by atoms with Crippen molar-refractivity contribution in [3.63, 3.8) is 0 Å². The lowest BCUT2D eigenvalue weighted by Crippen LogP contribution is -2.65. The molecule has 0 radical (unpaired) electrons. The Morgan fingerprint density at radius 1 is 1.24 bits per heavy atom. The summed E-state index contributed by atoms with van der Waals surface area (Å²) in [7, 11) is 2.75. The van der Waals surface area contributed by atoms with Gasteiger partial charge < -0.3 is 19.9 Å². The summed E-state index contributed by atoms with van der Waals surface area (Å²) in [5.74, 6) is -1.64. The number of aryl methyl sites for hydroxylation is 1. The van der Waals surface area contributed by atoms with Crippen molar-refractivity contribution in [1.82, 2.24) is 24.7 Å². The monoisotopic (exact) mass is 553 g/mol. The molecule has 202 valence electrons. The van der Waals surface area contributed by atoms with Crippen LogP contribution in [0.15, 0.2) is 22.6 Å². The number of hydrogen-bond acceptors (Lipinski definition) is 10. The molecule has 1 fully saturated rings. The summed E-state index contributed by atoms with van der Waals surface area (Å²) in [5, 5.41) is 4.23. The van der Waals surface area contributed by atoms with Crippen LogP contribution in [-0.4, -0.2) is 101 Å². The maximum Gasteiger partial charge on any atom is 0.418 e. The Labute approximate surface area is 218 Å². The summed E-state index contributed by atoms with van der Waals surface area (Å²) in [6.45, 7) is 0.164. The van der Waals surface area contributed by atoms with Gasteiger partial charge in [0.2, 0.25) is 5.91 Å². The highest BCUT2D eigenvalue weighted by Crippen LogP contribution is 2.35. The van der Waals surface area contributed by atoms with E-state index < -0.39 is 54.1 Å². The van der Waals surface area contributed by atoms with Gasteiger partial charge >= 0.3 is 12.2 Å². The summed E-state index contributed by atoms with van der Waals surface area (Å²) in [6, 6.07) is -0.772. The van der Waals surface area contributed by atoms with Crippen molar-refractivity contribution in [1.29, 1.82) is 0 Å². The van der Waals surface area contributed by atoms with Crippen LogP contribution < -0.4 is 5.32 Å². The number of ether oxygens (including phenoxy) is 1. The predicted octanol–water partition coefficient (Wildman–Crippen LogP) is 1.62. The van der Waals surface area contributed by atoms with Gasteiger partial charge in [-0.15, -0.1) is 11.3 Å². The van der Waals surface area contributed by atoms with E-state index in [-0.39, 0.29) is 35.2 Å². The molecule has 0 spiro atoms. The Hall–Kier alpha value is -3.92. The van der Waals surface area contributed by atoms with E-state index in [9.17, 15) is 32.3 Å². The summed E-state index contributed by atoms with van der Waals surface area (Å²) in [4.78, 5) is 65.9. The molecule has 2 aliphatic rings. The number of alkyl halides is 3. The van der Waals surface area contributed by atoms with Crippen LogP contribution in [0.25, 0.3) is 10.6 Å². The third-order valence-corrected chi connectivity index (χ3v) is 6.72. The van der Waals surface area contributed by atoms with Gasteiger partial charge in [-0.05, 0) is 13.0 Å². The number of amides is 4. The van der Waals surface area contributed by atoms with Crippen molar-refractivity contribution in [2.24, 2.45) is 4.99 Å². The SMILES string of the molecule is COCC(=O)CN1C(=O)C2C(N=CN2CC(=O)Nc2csc(-c3cnc(C)c(C(F)(F)F)c3)n2)N(C)C1=O. The average molecular weight is 554 g/mol. The number of nitrogens with zero attached hydrogens (tertiary/aromatic N) is 6. The summed E-state index contributed by atoms with van der Waals surface area (Å²) < 4.78 is 44.4. The van der Waals surface area contributed by atoms with Gasteiger partial charge in [-0.3, -0.25) is 24.3 Å². The molecule has 2 aliphatic heterocycles. The standard InChI is InChI=1S/C22H22F3N7O5S/c1-11-14(22(23,24)25)4-12(5-26-11)19-29-15(9-38-19)28-16(34)7-31-10-27-18-17(31)20(35)32(21(36)30(18)2)6-13(33)8-37-3/h4-5,9-10,17-18H,6-8H2,1-3H3,(H,28,34). The van der Waals surface area contributed by atoms with Crippen molar-refractivity contribution in [3.05, 3.63) is 28.9 Å². The van der Waals surface area contributed by atoms with Gasteiger partial charge in [0, 0.05) is 37.0 Å². The number of urea groups is 1. The van der Waals surface area contributed by atoms with E-state index in [1.807, 2.05) is 0 Å². The molecule has 1 saturated heterocycles. The molecule has 4 rings (SSSR count). The fourth-order valence-electron chi connectivity index (χ4n) is 4.03. The second kappa shape index (κ2) is 10.4. The van der Waals surface area contributed by atoms with E-state index in [4.69, 9.17) is 4.74 Å². The molecule has 0 saturated carbocycles. The lowest BCUT2D eigenvalue weighted by molar-refractivity contribution is -0.141. The molecule has 0 bridgehead atoms. The Kier molecular flexibility index (Phi) is 7.46. The van der Waals surface area contributed by atoms with Crippen LogP contribution in [0.5, 0.6) is 0 Å². The van der Waals surface area contributed by atoms with Gasteiger partial charge in [0.1, 0.15) is 17.4 Å². The van der Waals surface area contributed by atoms with E-state index in [0.29, 0.717) is 0 Å². The molecule has 2 unspecified atom stereocenters. The van der Waals surface area contributed by atoms with Gasteiger partial charge in [0.05, 0.1) is 25.0 Å². The highest BCUT2D eigenvalue weighted by Gasteiger charge is 2.50. The maximum atomic E-state index is 13.2. The van der Waals surface area contributed by atoms with Crippen LogP contribution in [0, 0.1) is 6.92 Å². The number of aromatic nitrogens is 2. The van der Waals surface area contributed by atoms with Gasteiger partial charge in [0.25, 0.3) is 5.91 Å². The first-order chi connectivity index (χ1) is 17.9. The van der Waals surface area contributed by atoms with Crippen LogP contribution in [-0.2, 0) is 25.3 Å². The summed E-state index contributed by atoms with van der Waals surface area (Å²) in [6.07, 6.45) is -2.90. The van der Waals surface area contributed by atoms with Crippen LogP contribution in [0.4, 0.5) is 23.8 Å². The van der Waals surface area contributed by atoms with Gasteiger partial charge in [-0.2, -0.15) is 13.2 Å². The molecule has 2 aromatic rings. The molecule has 0 aromatic carbocycles. The van der Waals surface area contributed by atoms with Crippen molar-refractivity contribution < 1.29 is 37.1 Å². The van der Waals surface area contributed by atoms with Gasteiger partial charge in [-0.25, -0.2) is 14.8 Å². The van der Waals surface area contributed by atoms with E-state index in [1.165, 1.54) is 48.8 Å². The smallest absolute Gasteiger partial charge is 0.377 e. The molecule has 1 N–H and O–H groups in total. The molecule has 4 amide bonds. The Balaban J connectivity index is 1.44. The highest BCUT2D eigenvalue weighted by atomic mass is 32.1. The van der Waals surface area contributed by atoms with E-state index in [0.717, 1.165) is 22.3 Å². The number of aliphatic imine (C=N–C) groups is 1.